The molecule has 1 aliphatic carbocycles. The summed E-state index contributed by atoms with van der Waals surface area (Å²) in [5.74, 6) is -0.259. The highest BCUT2D eigenvalue weighted by Gasteiger charge is 2.27. The molecule has 8 heteroatoms. The first-order chi connectivity index (χ1) is 13.9. The summed E-state index contributed by atoms with van der Waals surface area (Å²) < 4.78 is 24.3. The van der Waals surface area contributed by atoms with E-state index in [1.165, 1.54) is 30.2 Å². The largest absolute Gasteiger partial charge is 0.398 e. The first-order valence-corrected chi connectivity index (χ1v) is 12.0. The third-order valence-electron chi connectivity index (χ3n) is 5.78. The molecule has 2 atom stereocenters. The summed E-state index contributed by atoms with van der Waals surface area (Å²) >= 11 is 0. The molecule has 0 radical (unpaired) electrons. The fraction of sp³-hybridized carbons (Fsp3) is 0.571. The Morgan fingerprint density at radius 2 is 2.21 bits per heavy atom. The lowest BCUT2D eigenvalue weighted by Gasteiger charge is -2.24. The highest BCUT2D eigenvalue weighted by Crippen LogP contribution is 2.28. The molecule has 2 unspecified atom stereocenters. The first-order valence-electron chi connectivity index (χ1n) is 10.4. The minimum atomic E-state index is -3.50. The smallest absolute Gasteiger partial charge is 0.274 e. The lowest BCUT2D eigenvalue weighted by Crippen LogP contribution is -2.36. The Kier molecular flexibility index (Phi) is 7.32. The Balaban J connectivity index is 1.61. The van der Waals surface area contributed by atoms with Gasteiger partial charge in [0.15, 0.2) is 9.84 Å². The summed E-state index contributed by atoms with van der Waals surface area (Å²) in [4.78, 5) is 18.0. The number of carbonyl (C=O) groups is 1. The Bertz CT molecular complexity index is 861. The second-order valence-corrected chi connectivity index (χ2v) is 10.1. The number of nitrogen functional groups attached to an aromatic ring is 1. The zero-order valence-corrected chi connectivity index (χ0v) is 17.8. The lowest BCUT2D eigenvalue weighted by atomic mass is 9.91. The molecule has 1 saturated heterocycles. The van der Waals surface area contributed by atoms with Crippen molar-refractivity contribution in [2.45, 2.75) is 56.4 Å². The van der Waals surface area contributed by atoms with E-state index in [1.54, 1.807) is 6.92 Å². The molecule has 1 amide bonds. The number of hydrogen-bond acceptors (Lipinski definition) is 6. The first kappa shape index (κ1) is 21.8. The molecule has 160 valence electrons. The molecule has 1 aliphatic heterocycles. The number of sulfone groups is 1. The van der Waals surface area contributed by atoms with E-state index in [0.717, 1.165) is 38.6 Å². The van der Waals surface area contributed by atoms with Gasteiger partial charge in [-0.3, -0.25) is 9.63 Å². The zero-order chi connectivity index (χ0) is 20.9. The van der Waals surface area contributed by atoms with E-state index in [4.69, 9.17) is 10.6 Å². The monoisotopic (exact) mass is 421 g/mol. The van der Waals surface area contributed by atoms with Gasteiger partial charge in [-0.2, -0.15) is 0 Å². The van der Waals surface area contributed by atoms with Crippen LogP contribution < -0.4 is 16.5 Å². The summed E-state index contributed by atoms with van der Waals surface area (Å²) in [6.07, 6.45) is 9.10. The van der Waals surface area contributed by atoms with E-state index in [9.17, 15) is 13.2 Å². The van der Waals surface area contributed by atoms with Crippen LogP contribution in [-0.4, -0.2) is 39.3 Å². The number of hydrogen-bond donors (Lipinski definition) is 3. The zero-order valence-electron chi connectivity index (χ0n) is 16.9. The molecule has 7 nitrogen and oxygen atoms in total. The molecule has 0 bridgehead atoms. The van der Waals surface area contributed by atoms with Gasteiger partial charge in [0.1, 0.15) is 0 Å². The summed E-state index contributed by atoms with van der Waals surface area (Å²) in [7, 11) is -3.50. The Hall–Kier alpha value is -1.90. The maximum Gasteiger partial charge on any atom is 0.274 e. The van der Waals surface area contributed by atoms with Gasteiger partial charge in [-0.05, 0) is 63.3 Å². The molecule has 1 aromatic rings. The van der Waals surface area contributed by atoms with E-state index in [0.29, 0.717) is 18.6 Å². The van der Waals surface area contributed by atoms with Gasteiger partial charge in [-0.25, -0.2) is 13.9 Å². The van der Waals surface area contributed by atoms with Crippen molar-refractivity contribution < 1.29 is 18.0 Å². The average Bonchev–Trinajstić information content (AvgIpc) is 3.41. The van der Waals surface area contributed by atoms with Gasteiger partial charge in [-0.1, -0.05) is 18.6 Å². The lowest BCUT2D eigenvalue weighted by molar-refractivity contribution is 0.0112. The standard InChI is InChI=1S/C21H31N3O4S/c1-2-29(26,27)20-13-16(9-10-18(20)22)21(25)24-28-14-17(19-8-5-11-23-19)12-15-6-3-4-7-15/h6,9-10,13,17,19,23H,2-5,7-8,11-12,14,22H2,1H3,(H,24,25). The third kappa shape index (κ3) is 5.58. The van der Waals surface area contributed by atoms with Gasteiger partial charge in [0, 0.05) is 17.5 Å². The maximum absolute atomic E-state index is 12.5. The van der Waals surface area contributed by atoms with Crippen LogP contribution in [0.4, 0.5) is 5.69 Å². The fourth-order valence-corrected chi connectivity index (χ4v) is 5.11. The minimum Gasteiger partial charge on any atom is -0.398 e. The minimum absolute atomic E-state index is 0.0196. The fourth-order valence-electron chi connectivity index (χ4n) is 4.06. The summed E-state index contributed by atoms with van der Waals surface area (Å²) in [6, 6.07) is 4.65. The Morgan fingerprint density at radius 1 is 1.38 bits per heavy atom. The van der Waals surface area contributed by atoms with Crippen LogP contribution in [0.2, 0.25) is 0 Å². The number of nitrogens with one attached hydrogen (secondary N) is 2. The number of hydroxylamine groups is 1. The van der Waals surface area contributed by atoms with E-state index in [2.05, 4.69) is 16.9 Å². The predicted molar refractivity (Wildman–Crippen MR) is 113 cm³/mol. The van der Waals surface area contributed by atoms with Crippen molar-refractivity contribution in [3.05, 3.63) is 35.4 Å². The van der Waals surface area contributed by atoms with Crippen molar-refractivity contribution >= 4 is 21.4 Å². The quantitative estimate of drug-likeness (QED) is 0.321. The van der Waals surface area contributed by atoms with Crippen LogP contribution in [0, 0.1) is 5.92 Å². The third-order valence-corrected chi connectivity index (χ3v) is 7.56. The molecule has 0 spiro atoms. The van der Waals surface area contributed by atoms with Crippen molar-refractivity contribution in [1.29, 1.82) is 0 Å². The van der Waals surface area contributed by atoms with Gasteiger partial charge in [0.05, 0.1) is 22.9 Å². The predicted octanol–water partition coefficient (Wildman–Crippen LogP) is 2.59. The Labute approximate surface area is 172 Å². The van der Waals surface area contributed by atoms with Crippen molar-refractivity contribution in [3.8, 4) is 0 Å². The summed E-state index contributed by atoms with van der Waals surface area (Å²) in [6.45, 7) is 2.98. The highest BCUT2D eigenvalue weighted by molar-refractivity contribution is 7.91. The van der Waals surface area contributed by atoms with Gasteiger partial charge in [-0.15, -0.1) is 0 Å². The molecule has 1 fully saturated rings. The van der Waals surface area contributed by atoms with Crippen LogP contribution in [0.25, 0.3) is 0 Å². The molecular formula is C21H31N3O4S. The topological polar surface area (TPSA) is 111 Å². The molecule has 1 aromatic carbocycles. The number of benzene rings is 1. The number of nitrogens with two attached hydrogens (primary N) is 1. The molecule has 3 rings (SSSR count). The molecule has 1 heterocycles. The van der Waals surface area contributed by atoms with Crippen LogP contribution in [0.15, 0.2) is 34.7 Å². The van der Waals surface area contributed by atoms with Crippen LogP contribution in [0.5, 0.6) is 0 Å². The van der Waals surface area contributed by atoms with E-state index < -0.39 is 15.7 Å². The molecule has 2 aliphatic rings. The van der Waals surface area contributed by atoms with Crippen molar-refractivity contribution in [2.75, 3.05) is 24.6 Å². The van der Waals surface area contributed by atoms with Crippen molar-refractivity contribution in [2.24, 2.45) is 5.92 Å². The maximum atomic E-state index is 12.5. The molecule has 4 N–H and O–H groups in total. The van der Waals surface area contributed by atoms with Crippen LogP contribution in [0.1, 0.15) is 55.8 Å². The normalized spacial score (nSPS) is 20.4. The van der Waals surface area contributed by atoms with Crippen molar-refractivity contribution in [3.63, 3.8) is 0 Å². The SMILES string of the molecule is CCS(=O)(=O)c1cc(C(=O)NOCC(CC2=CCCC2)C2CCCN2)ccc1N. The summed E-state index contributed by atoms with van der Waals surface area (Å²) in [5, 5.41) is 3.54. The van der Waals surface area contributed by atoms with Gasteiger partial charge in [0.2, 0.25) is 0 Å². The van der Waals surface area contributed by atoms with Gasteiger partial charge >= 0.3 is 0 Å². The molecular weight excluding hydrogens is 390 g/mol. The van der Waals surface area contributed by atoms with Gasteiger partial charge < -0.3 is 11.1 Å². The number of anilines is 1. The number of carbonyl (C=O) groups excluding carboxylic acids is 1. The van der Waals surface area contributed by atoms with E-state index in [-0.39, 0.29) is 21.9 Å². The number of rotatable bonds is 9. The molecule has 0 saturated carbocycles. The van der Waals surface area contributed by atoms with E-state index >= 15 is 0 Å². The Morgan fingerprint density at radius 3 is 2.86 bits per heavy atom. The number of allylic oxidation sites excluding steroid dienone is 2. The van der Waals surface area contributed by atoms with Crippen LogP contribution in [-0.2, 0) is 14.7 Å². The highest BCUT2D eigenvalue weighted by atomic mass is 32.2. The van der Waals surface area contributed by atoms with Gasteiger partial charge in [0.25, 0.3) is 5.91 Å². The summed E-state index contributed by atoms with van der Waals surface area (Å²) in [5.41, 5.74) is 10.1. The van der Waals surface area contributed by atoms with Crippen LogP contribution in [0.3, 0.4) is 0 Å². The van der Waals surface area contributed by atoms with Crippen molar-refractivity contribution in [1.82, 2.24) is 10.8 Å². The molecule has 29 heavy (non-hydrogen) atoms. The average molecular weight is 422 g/mol. The number of amides is 1. The van der Waals surface area contributed by atoms with E-state index in [1.807, 2.05) is 0 Å². The van der Waals surface area contributed by atoms with Crippen LogP contribution >= 0.6 is 0 Å². The second kappa shape index (κ2) is 9.73. The second-order valence-electron chi connectivity index (χ2n) is 7.82. The molecule has 0 aromatic heterocycles.